The molecule has 0 radical (unpaired) electrons. The van der Waals surface area contributed by atoms with Gasteiger partial charge in [-0.15, -0.1) is 0 Å². The van der Waals surface area contributed by atoms with Crippen LogP contribution in [0.1, 0.15) is 53.5 Å². The SMILES string of the molecule is CC(C=CC1=C(C)C(n2ccnc2)CCC1(C)C)=CC=C/C(C)=C\C(=O)O. The standard InChI is InChI=1S/C23H30N2O2/c1-17(7-6-8-18(2)15-22(26)27)9-10-20-19(3)21(11-12-23(20,4)5)25-14-13-24-16-25/h6-10,13-16,21H,11-12H2,1-5H3,(H,26,27)/b8-6?,10-9?,17-7?,18-15-. The van der Waals surface area contributed by atoms with E-state index in [1.807, 2.05) is 30.9 Å². The minimum atomic E-state index is -0.924. The molecular formula is C23H30N2O2. The fraction of sp³-hybridized carbons (Fsp3) is 0.391. The molecule has 0 bridgehead atoms. The topological polar surface area (TPSA) is 55.1 Å². The lowest BCUT2D eigenvalue weighted by molar-refractivity contribution is -0.131. The maximum Gasteiger partial charge on any atom is 0.328 e. The molecule has 1 N–H and O–H groups in total. The first-order chi connectivity index (χ1) is 12.7. The summed E-state index contributed by atoms with van der Waals surface area (Å²) >= 11 is 0. The van der Waals surface area contributed by atoms with Crippen molar-refractivity contribution in [3.05, 3.63) is 77.5 Å². The number of carboxylic acid groups (broad SMARTS) is 1. The third-order valence-electron chi connectivity index (χ3n) is 5.16. The summed E-state index contributed by atoms with van der Waals surface area (Å²) in [4.78, 5) is 14.8. The highest BCUT2D eigenvalue weighted by Crippen LogP contribution is 2.45. The van der Waals surface area contributed by atoms with Crippen LogP contribution in [-0.2, 0) is 4.79 Å². The van der Waals surface area contributed by atoms with Gasteiger partial charge in [0.05, 0.1) is 12.4 Å². The number of imidazole rings is 1. The Bertz CT molecular complexity index is 819. The monoisotopic (exact) mass is 366 g/mol. The maximum absolute atomic E-state index is 10.6. The quantitative estimate of drug-likeness (QED) is 0.523. The first-order valence-electron chi connectivity index (χ1n) is 9.33. The molecule has 0 fully saturated rings. The summed E-state index contributed by atoms with van der Waals surface area (Å²) in [5.41, 5.74) is 4.75. The van der Waals surface area contributed by atoms with E-state index in [1.165, 1.54) is 17.2 Å². The van der Waals surface area contributed by atoms with E-state index >= 15 is 0 Å². The third-order valence-corrected chi connectivity index (χ3v) is 5.16. The summed E-state index contributed by atoms with van der Waals surface area (Å²) in [6.07, 6.45) is 19.3. The fourth-order valence-electron chi connectivity index (χ4n) is 3.61. The second kappa shape index (κ2) is 8.85. The maximum atomic E-state index is 10.6. The van der Waals surface area contributed by atoms with Gasteiger partial charge in [-0.25, -0.2) is 9.78 Å². The Hall–Kier alpha value is -2.62. The van der Waals surface area contributed by atoms with Gasteiger partial charge in [0.2, 0.25) is 0 Å². The number of rotatable bonds is 6. The zero-order valence-corrected chi connectivity index (χ0v) is 16.9. The highest BCUT2D eigenvalue weighted by atomic mass is 16.4. The molecule has 0 saturated carbocycles. The lowest BCUT2D eigenvalue weighted by atomic mass is 9.71. The van der Waals surface area contributed by atoms with Crippen molar-refractivity contribution < 1.29 is 9.90 Å². The third kappa shape index (κ3) is 5.68. The molecule has 0 aliphatic heterocycles. The van der Waals surface area contributed by atoms with E-state index in [0.29, 0.717) is 11.6 Å². The number of hydrogen-bond donors (Lipinski definition) is 1. The van der Waals surface area contributed by atoms with Crippen LogP contribution in [0.4, 0.5) is 0 Å². The zero-order chi connectivity index (χ0) is 20.0. The molecule has 1 aliphatic carbocycles. The summed E-state index contributed by atoms with van der Waals surface area (Å²) in [6, 6.07) is 0.369. The largest absolute Gasteiger partial charge is 0.478 e. The fourth-order valence-corrected chi connectivity index (χ4v) is 3.61. The van der Waals surface area contributed by atoms with Crippen molar-refractivity contribution in [2.75, 3.05) is 0 Å². The molecule has 1 aromatic rings. The van der Waals surface area contributed by atoms with Crippen LogP contribution in [-0.4, -0.2) is 20.6 Å². The molecule has 0 amide bonds. The molecule has 144 valence electrons. The molecule has 1 aliphatic rings. The molecule has 4 nitrogen and oxygen atoms in total. The summed E-state index contributed by atoms with van der Waals surface area (Å²) < 4.78 is 2.20. The number of carboxylic acids is 1. The minimum Gasteiger partial charge on any atom is -0.478 e. The Morgan fingerprint density at radius 2 is 2.04 bits per heavy atom. The molecule has 4 heteroatoms. The Balaban J connectivity index is 2.21. The van der Waals surface area contributed by atoms with E-state index < -0.39 is 5.97 Å². The van der Waals surface area contributed by atoms with E-state index in [-0.39, 0.29) is 5.41 Å². The van der Waals surface area contributed by atoms with Crippen molar-refractivity contribution in [1.29, 1.82) is 0 Å². The Morgan fingerprint density at radius 1 is 1.30 bits per heavy atom. The van der Waals surface area contributed by atoms with Crippen molar-refractivity contribution in [3.63, 3.8) is 0 Å². The van der Waals surface area contributed by atoms with Gasteiger partial charge in [0.1, 0.15) is 0 Å². The zero-order valence-electron chi connectivity index (χ0n) is 16.9. The first-order valence-corrected chi connectivity index (χ1v) is 9.33. The normalized spacial score (nSPS) is 21.4. The van der Waals surface area contributed by atoms with Crippen molar-refractivity contribution in [2.24, 2.45) is 5.41 Å². The van der Waals surface area contributed by atoms with Crippen LogP contribution < -0.4 is 0 Å². The van der Waals surface area contributed by atoms with Crippen molar-refractivity contribution in [3.8, 4) is 0 Å². The van der Waals surface area contributed by atoms with Crippen LogP contribution in [0.5, 0.6) is 0 Å². The van der Waals surface area contributed by atoms with Gasteiger partial charge in [-0.2, -0.15) is 0 Å². The van der Waals surface area contributed by atoms with Crippen molar-refractivity contribution in [1.82, 2.24) is 9.55 Å². The average Bonchev–Trinajstić information content (AvgIpc) is 3.07. The molecule has 1 atom stereocenters. The van der Waals surface area contributed by atoms with Crippen LogP contribution in [0.3, 0.4) is 0 Å². The Kier molecular flexibility index (Phi) is 6.78. The molecule has 2 rings (SSSR count). The molecule has 0 spiro atoms. The molecule has 27 heavy (non-hydrogen) atoms. The number of allylic oxidation sites excluding steroid dienone is 9. The molecule has 0 aromatic carbocycles. The molecule has 1 unspecified atom stereocenters. The number of aliphatic carboxylic acids is 1. The van der Waals surface area contributed by atoms with Gasteiger partial charge in [-0.1, -0.05) is 49.8 Å². The van der Waals surface area contributed by atoms with Gasteiger partial charge in [0.15, 0.2) is 0 Å². The molecule has 0 saturated heterocycles. The van der Waals surface area contributed by atoms with Crippen LogP contribution in [0.15, 0.2) is 77.5 Å². The van der Waals surface area contributed by atoms with Gasteiger partial charge >= 0.3 is 5.97 Å². The van der Waals surface area contributed by atoms with Gasteiger partial charge in [0.25, 0.3) is 0 Å². The molecular weight excluding hydrogens is 336 g/mol. The average molecular weight is 367 g/mol. The van der Waals surface area contributed by atoms with Crippen molar-refractivity contribution in [2.45, 2.75) is 53.5 Å². The number of carbonyl (C=O) groups is 1. The van der Waals surface area contributed by atoms with Gasteiger partial charge < -0.3 is 9.67 Å². The molecule has 1 aromatic heterocycles. The molecule has 1 heterocycles. The van der Waals surface area contributed by atoms with Gasteiger partial charge in [-0.05, 0) is 55.7 Å². The predicted octanol–water partition coefficient (Wildman–Crippen LogP) is 5.65. The smallest absolute Gasteiger partial charge is 0.328 e. The highest BCUT2D eigenvalue weighted by Gasteiger charge is 2.32. The number of aromatic nitrogens is 2. The van der Waals surface area contributed by atoms with Gasteiger partial charge in [-0.3, -0.25) is 0 Å². The lowest BCUT2D eigenvalue weighted by Gasteiger charge is -2.37. The Morgan fingerprint density at radius 3 is 2.67 bits per heavy atom. The van der Waals surface area contributed by atoms with E-state index in [1.54, 1.807) is 13.0 Å². The van der Waals surface area contributed by atoms with E-state index in [0.717, 1.165) is 18.4 Å². The second-order valence-electron chi connectivity index (χ2n) is 7.87. The summed E-state index contributed by atoms with van der Waals surface area (Å²) in [6.45, 7) is 10.7. The lowest BCUT2D eigenvalue weighted by Crippen LogP contribution is -2.25. The summed E-state index contributed by atoms with van der Waals surface area (Å²) in [7, 11) is 0. The van der Waals surface area contributed by atoms with Crippen molar-refractivity contribution >= 4 is 5.97 Å². The van der Waals surface area contributed by atoms with E-state index in [9.17, 15) is 4.79 Å². The Labute approximate surface area is 162 Å². The second-order valence-corrected chi connectivity index (χ2v) is 7.87. The van der Waals surface area contributed by atoms with E-state index in [2.05, 4.69) is 49.4 Å². The number of nitrogens with zero attached hydrogens (tertiary/aromatic N) is 2. The van der Waals surface area contributed by atoms with Crippen LogP contribution >= 0.6 is 0 Å². The van der Waals surface area contributed by atoms with Crippen LogP contribution in [0.25, 0.3) is 0 Å². The summed E-state index contributed by atoms with van der Waals surface area (Å²) in [5.74, 6) is -0.924. The highest BCUT2D eigenvalue weighted by molar-refractivity contribution is 5.81. The van der Waals surface area contributed by atoms with Crippen LogP contribution in [0.2, 0.25) is 0 Å². The van der Waals surface area contributed by atoms with Crippen LogP contribution in [0, 0.1) is 5.41 Å². The van der Waals surface area contributed by atoms with E-state index in [4.69, 9.17) is 5.11 Å². The minimum absolute atomic E-state index is 0.147. The predicted molar refractivity (Wildman–Crippen MR) is 110 cm³/mol. The van der Waals surface area contributed by atoms with Gasteiger partial charge in [0, 0.05) is 18.5 Å². The summed E-state index contributed by atoms with van der Waals surface area (Å²) in [5, 5.41) is 8.74. The number of hydrogen-bond acceptors (Lipinski definition) is 2. The first kappa shape index (κ1) is 20.7.